The number of esters is 1. The van der Waals surface area contributed by atoms with Crippen molar-refractivity contribution in [2.24, 2.45) is 0 Å². The molecule has 0 aliphatic carbocycles. The van der Waals surface area contributed by atoms with Gasteiger partial charge in [0.25, 0.3) is 11.8 Å². The number of para-hydroxylation sites is 1. The van der Waals surface area contributed by atoms with Crippen molar-refractivity contribution in [3.05, 3.63) is 100 Å². The van der Waals surface area contributed by atoms with Crippen LogP contribution in [-0.4, -0.2) is 29.4 Å². The summed E-state index contributed by atoms with van der Waals surface area (Å²) in [5, 5.41) is 0.869. The Kier molecular flexibility index (Phi) is 7.08. The van der Waals surface area contributed by atoms with Crippen molar-refractivity contribution in [2.75, 3.05) is 6.61 Å². The Hall–Kier alpha value is -4.23. The van der Waals surface area contributed by atoms with Crippen LogP contribution in [0.5, 0.6) is 0 Å². The fourth-order valence-electron chi connectivity index (χ4n) is 3.64. The highest BCUT2D eigenvalue weighted by Gasteiger charge is 2.21. The van der Waals surface area contributed by atoms with Gasteiger partial charge in [-0.25, -0.2) is 9.78 Å². The van der Waals surface area contributed by atoms with Crippen LogP contribution in [0, 0.1) is 13.8 Å². The van der Waals surface area contributed by atoms with Gasteiger partial charge in [-0.2, -0.15) is 0 Å². The number of fused-ring (bicyclic) bond motifs is 1. The second kappa shape index (κ2) is 10.4. The molecule has 3 aromatic carbocycles. The Balaban J connectivity index is 1.51. The molecule has 0 spiro atoms. The maximum Gasteiger partial charge on any atom is 0.339 e. The van der Waals surface area contributed by atoms with Crippen LogP contribution in [0.25, 0.3) is 22.2 Å². The molecule has 0 bridgehead atoms. The lowest BCUT2D eigenvalue weighted by Crippen LogP contribution is -2.43. The minimum atomic E-state index is -0.700. The average Bonchev–Trinajstić information content (AvgIpc) is 2.86. The van der Waals surface area contributed by atoms with Crippen LogP contribution in [0.1, 0.15) is 31.8 Å². The van der Waals surface area contributed by atoms with Gasteiger partial charge in [-0.15, -0.1) is 0 Å². The third-order valence-electron chi connectivity index (χ3n) is 5.43. The van der Waals surface area contributed by atoms with Crippen LogP contribution in [0.4, 0.5) is 0 Å². The van der Waals surface area contributed by atoms with Crippen molar-refractivity contribution in [2.45, 2.75) is 13.8 Å². The van der Waals surface area contributed by atoms with Crippen LogP contribution in [0.2, 0.25) is 5.02 Å². The Bertz CT molecular complexity index is 1430. The number of ether oxygens (including phenoxy) is 1. The van der Waals surface area contributed by atoms with E-state index in [1.165, 1.54) is 6.07 Å². The van der Waals surface area contributed by atoms with Gasteiger partial charge in [0.05, 0.1) is 27.4 Å². The molecule has 7 nitrogen and oxygen atoms in total. The van der Waals surface area contributed by atoms with E-state index in [0.29, 0.717) is 27.7 Å². The number of aromatic nitrogens is 1. The lowest BCUT2D eigenvalue weighted by molar-refractivity contribution is -0.125. The van der Waals surface area contributed by atoms with E-state index >= 15 is 0 Å². The number of rotatable bonds is 5. The van der Waals surface area contributed by atoms with Gasteiger partial charge in [0, 0.05) is 10.9 Å². The van der Waals surface area contributed by atoms with Gasteiger partial charge in [0.2, 0.25) is 0 Å². The van der Waals surface area contributed by atoms with E-state index in [2.05, 4.69) is 10.9 Å². The molecule has 0 atom stereocenters. The topological polar surface area (TPSA) is 97.4 Å². The molecular weight excluding hydrogens is 466 g/mol. The van der Waals surface area contributed by atoms with Gasteiger partial charge < -0.3 is 4.74 Å². The number of carbonyl (C=O) groups excluding carboxylic acids is 3. The molecule has 2 amide bonds. The van der Waals surface area contributed by atoms with E-state index in [1.807, 2.05) is 49.4 Å². The summed E-state index contributed by atoms with van der Waals surface area (Å²) >= 11 is 5.98. The number of nitrogens with one attached hydrogen (secondary N) is 2. The number of carbonyl (C=O) groups is 3. The van der Waals surface area contributed by atoms with Crippen LogP contribution >= 0.6 is 11.6 Å². The number of hydrogen-bond acceptors (Lipinski definition) is 5. The zero-order valence-electron chi connectivity index (χ0n) is 19.1. The summed E-state index contributed by atoms with van der Waals surface area (Å²) in [5.41, 5.74) is 8.93. The molecule has 0 aliphatic rings. The van der Waals surface area contributed by atoms with Crippen molar-refractivity contribution in [3.63, 3.8) is 0 Å². The van der Waals surface area contributed by atoms with E-state index in [1.54, 1.807) is 31.2 Å². The average molecular weight is 488 g/mol. The van der Waals surface area contributed by atoms with Gasteiger partial charge in [-0.05, 0) is 37.6 Å². The lowest BCUT2D eigenvalue weighted by atomic mass is 9.97. The van der Waals surface area contributed by atoms with Crippen LogP contribution in [0.3, 0.4) is 0 Å². The Morgan fingerprint density at radius 3 is 2.31 bits per heavy atom. The molecule has 8 heteroatoms. The first-order valence-corrected chi connectivity index (χ1v) is 11.2. The first kappa shape index (κ1) is 23.9. The molecule has 4 rings (SSSR count). The van der Waals surface area contributed by atoms with Crippen molar-refractivity contribution in [1.82, 2.24) is 15.8 Å². The first-order valence-electron chi connectivity index (χ1n) is 10.8. The summed E-state index contributed by atoms with van der Waals surface area (Å²) in [4.78, 5) is 42.3. The molecule has 0 saturated carbocycles. The second-order valence-corrected chi connectivity index (χ2v) is 8.31. The number of halogens is 1. The van der Waals surface area contributed by atoms with E-state index in [0.717, 1.165) is 11.1 Å². The molecule has 2 N–H and O–H groups in total. The largest absolute Gasteiger partial charge is 0.452 e. The van der Waals surface area contributed by atoms with Gasteiger partial charge in [-0.1, -0.05) is 71.8 Å². The van der Waals surface area contributed by atoms with E-state index < -0.39 is 24.4 Å². The third-order valence-corrected chi connectivity index (χ3v) is 5.76. The minimum Gasteiger partial charge on any atom is -0.452 e. The van der Waals surface area contributed by atoms with Crippen LogP contribution < -0.4 is 10.9 Å². The summed E-state index contributed by atoms with van der Waals surface area (Å²) in [6.07, 6.45) is 0. The smallest absolute Gasteiger partial charge is 0.339 e. The predicted octanol–water partition coefficient (Wildman–Crippen LogP) is 4.79. The second-order valence-electron chi connectivity index (χ2n) is 7.90. The highest BCUT2D eigenvalue weighted by atomic mass is 35.5. The maximum absolute atomic E-state index is 13.1. The van der Waals surface area contributed by atoms with Crippen LogP contribution in [0.15, 0.2) is 72.8 Å². The van der Waals surface area contributed by atoms with Crippen molar-refractivity contribution in [3.8, 4) is 11.3 Å². The van der Waals surface area contributed by atoms with E-state index in [4.69, 9.17) is 21.3 Å². The van der Waals surface area contributed by atoms with Gasteiger partial charge in [0.1, 0.15) is 0 Å². The van der Waals surface area contributed by atoms with Crippen molar-refractivity contribution >= 4 is 40.3 Å². The minimum absolute atomic E-state index is 0.203. The molecule has 4 aromatic rings. The van der Waals surface area contributed by atoms with Gasteiger partial charge in [-0.3, -0.25) is 20.4 Å². The van der Waals surface area contributed by atoms with Gasteiger partial charge >= 0.3 is 5.97 Å². The fraction of sp³-hybridized carbons (Fsp3) is 0.111. The summed E-state index contributed by atoms with van der Waals surface area (Å²) in [7, 11) is 0. The quantitative estimate of drug-likeness (QED) is 0.311. The van der Waals surface area contributed by atoms with Crippen molar-refractivity contribution < 1.29 is 19.1 Å². The highest BCUT2D eigenvalue weighted by Crippen LogP contribution is 2.30. The Morgan fingerprint density at radius 2 is 1.57 bits per heavy atom. The zero-order chi connectivity index (χ0) is 24.9. The lowest BCUT2D eigenvalue weighted by Gasteiger charge is -2.14. The third kappa shape index (κ3) is 5.31. The zero-order valence-corrected chi connectivity index (χ0v) is 19.8. The number of hydrazine groups is 1. The van der Waals surface area contributed by atoms with Crippen molar-refractivity contribution in [1.29, 1.82) is 0 Å². The molecule has 35 heavy (non-hydrogen) atoms. The molecule has 176 valence electrons. The van der Waals surface area contributed by atoms with Gasteiger partial charge in [0.15, 0.2) is 6.61 Å². The molecular formula is C27H22ClN3O4. The van der Waals surface area contributed by atoms with Crippen LogP contribution in [-0.2, 0) is 9.53 Å². The normalized spacial score (nSPS) is 10.6. The Morgan fingerprint density at radius 1 is 0.886 bits per heavy atom. The molecule has 0 saturated heterocycles. The summed E-state index contributed by atoms with van der Waals surface area (Å²) < 4.78 is 5.29. The number of aryl methyl sites for hydroxylation is 1. The fourth-order valence-corrected chi connectivity index (χ4v) is 3.86. The SMILES string of the molecule is Cc1ccc(-c2nc3ccccc3c(C(=O)OCC(=O)NNC(=O)c3ccccc3Cl)c2C)cc1. The number of amides is 2. The molecule has 0 unspecified atom stereocenters. The van der Waals surface area contributed by atoms with E-state index in [9.17, 15) is 14.4 Å². The molecule has 0 aliphatic heterocycles. The van der Waals surface area contributed by atoms with E-state index in [-0.39, 0.29) is 10.6 Å². The monoisotopic (exact) mass is 487 g/mol. The summed E-state index contributed by atoms with van der Waals surface area (Å²) in [5.74, 6) is -1.95. The predicted molar refractivity (Wildman–Crippen MR) is 134 cm³/mol. The number of pyridine rings is 1. The molecule has 0 fully saturated rings. The molecule has 0 radical (unpaired) electrons. The summed E-state index contributed by atoms with van der Waals surface area (Å²) in [6.45, 7) is 3.21. The summed E-state index contributed by atoms with van der Waals surface area (Å²) in [6, 6.07) is 21.5. The molecule has 1 aromatic heterocycles. The standard InChI is InChI=1S/C27H22ClN3O4/c1-16-11-13-18(14-12-16)25-17(2)24(20-8-4-6-10-22(20)29-25)27(34)35-15-23(32)30-31-26(33)19-7-3-5-9-21(19)28/h3-14H,15H2,1-2H3,(H,30,32)(H,31,33). The number of benzene rings is 3. The maximum atomic E-state index is 13.1. The molecule has 1 heterocycles. The highest BCUT2D eigenvalue weighted by molar-refractivity contribution is 6.33. The number of hydrogen-bond donors (Lipinski definition) is 2. The Labute approximate surface area is 207 Å². The first-order chi connectivity index (χ1) is 16.8. The number of nitrogens with zero attached hydrogens (tertiary/aromatic N) is 1.